The average molecular weight is 336 g/mol. The summed E-state index contributed by atoms with van der Waals surface area (Å²) in [4.78, 5) is 25.9. The number of aliphatic hydroxyl groups excluding tert-OH is 1. The minimum absolute atomic E-state index is 0.0222. The maximum absolute atomic E-state index is 13.0. The molecule has 2 aromatic carbocycles. The van der Waals surface area contributed by atoms with Crippen LogP contribution < -0.4 is 4.74 Å². The van der Waals surface area contributed by atoms with E-state index < -0.39 is 17.7 Å². The number of hydrogen-bond donors (Lipinski definition) is 2. The molecule has 0 saturated heterocycles. The lowest BCUT2D eigenvalue weighted by Crippen LogP contribution is -2.25. The largest absolute Gasteiger partial charge is 0.507 e. The molecule has 2 aliphatic carbocycles. The van der Waals surface area contributed by atoms with E-state index in [1.165, 1.54) is 7.11 Å². The first-order chi connectivity index (χ1) is 12.0. The van der Waals surface area contributed by atoms with Crippen molar-refractivity contribution in [2.24, 2.45) is 0 Å². The molecule has 126 valence electrons. The maximum Gasteiger partial charge on any atom is 0.198 e. The van der Waals surface area contributed by atoms with Crippen molar-refractivity contribution in [3.63, 3.8) is 0 Å². The summed E-state index contributed by atoms with van der Waals surface area (Å²) in [5.41, 5.74) is 2.01. The van der Waals surface area contributed by atoms with E-state index in [1.54, 1.807) is 24.3 Å². The van der Waals surface area contributed by atoms with Crippen LogP contribution in [0.1, 0.15) is 55.5 Å². The van der Waals surface area contributed by atoms with Gasteiger partial charge in [-0.25, -0.2) is 0 Å². The number of rotatable bonds is 1. The van der Waals surface area contributed by atoms with Crippen molar-refractivity contribution in [3.05, 3.63) is 69.8 Å². The fourth-order valence-electron chi connectivity index (χ4n) is 3.81. The van der Waals surface area contributed by atoms with E-state index in [0.29, 0.717) is 24.0 Å². The second-order valence-corrected chi connectivity index (χ2v) is 6.37. The van der Waals surface area contributed by atoms with E-state index >= 15 is 0 Å². The minimum atomic E-state index is -0.942. The summed E-state index contributed by atoms with van der Waals surface area (Å²) >= 11 is 0. The van der Waals surface area contributed by atoms with Gasteiger partial charge in [-0.2, -0.15) is 0 Å². The van der Waals surface area contributed by atoms with Crippen molar-refractivity contribution in [3.8, 4) is 11.5 Å². The van der Waals surface area contributed by atoms with E-state index in [-0.39, 0.29) is 33.8 Å². The van der Waals surface area contributed by atoms with Gasteiger partial charge in [-0.1, -0.05) is 36.4 Å². The minimum Gasteiger partial charge on any atom is -0.507 e. The van der Waals surface area contributed by atoms with Crippen LogP contribution >= 0.6 is 0 Å². The number of hydrogen-bond acceptors (Lipinski definition) is 5. The number of ether oxygens (including phenoxy) is 1. The Balaban J connectivity index is 2.11. The Morgan fingerprint density at radius 2 is 1.72 bits per heavy atom. The number of ketones is 2. The first kappa shape index (κ1) is 15.6. The van der Waals surface area contributed by atoms with Gasteiger partial charge in [-0.3, -0.25) is 9.59 Å². The monoisotopic (exact) mass is 336 g/mol. The van der Waals surface area contributed by atoms with Gasteiger partial charge in [0.25, 0.3) is 0 Å². The highest BCUT2D eigenvalue weighted by molar-refractivity contribution is 6.30. The van der Waals surface area contributed by atoms with Crippen LogP contribution in [0.15, 0.2) is 36.4 Å². The first-order valence-electron chi connectivity index (χ1n) is 7.94. The summed E-state index contributed by atoms with van der Waals surface area (Å²) in [6, 6.07) is 6.50. The summed E-state index contributed by atoms with van der Waals surface area (Å²) in [5.74, 6) is -0.916. The van der Waals surface area contributed by atoms with Gasteiger partial charge in [0.15, 0.2) is 11.6 Å². The molecule has 2 aromatic rings. The lowest BCUT2D eigenvalue weighted by atomic mass is 9.76. The van der Waals surface area contributed by atoms with Crippen molar-refractivity contribution < 1.29 is 24.5 Å². The number of methoxy groups -OCH3 is 1. The molecule has 0 radical (unpaired) electrons. The smallest absolute Gasteiger partial charge is 0.198 e. The van der Waals surface area contributed by atoms with Crippen molar-refractivity contribution >= 4 is 11.6 Å². The lowest BCUT2D eigenvalue weighted by Gasteiger charge is -2.30. The molecule has 0 aliphatic heterocycles. The predicted octanol–water partition coefficient (Wildman–Crippen LogP) is 2.71. The van der Waals surface area contributed by atoms with E-state index in [4.69, 9.17) is 4.74 Å². The summed E-state index contributed by atoms with van der Waals surface area (Å²) < 4.78 is 5.43. The van der Waals surface area contributed by atoms with Crippen molar-refractivity contribution in [1.29, 1.82) is 0 Å². The molecular weight excluding hydrogens is 320 g/mol. The van der Waals surface area contributed by atoms with Gasteiger partial charge in [-0.15, -0.1) is 0 Å². The zero-order chi connectivity index (χ0) is 17.9. The number of phenolic OH excluding ortho intramolecular Hbond substituents is 1. The molecule has 0 aromatic heterocycles. The number of phenols is 1. The van der Waals surface area contributed by atoms with Crippen LogP contribution in [-0.4, -0.2) is 28.9 Å². The number of aromatic hydroxyl groups is 1. The predicted molar refractivity (Wildman–Crippen MR) is 90.4 cm³/mol. The molecule has 4 rings (SSSR count). The van der Waals surface area contributed by atoms with Gasteiger partial charge in [0.2, 0.25) is 0 Å². The molecule has 25 heavy (non-hydrogen) atoms. The molecule has 2 aliphatic rings. The van der Waals surface area contributed by atoms with E-state index in [9.17, 15) is 19.8 Å². The number of carbonyl (C=O) groups is 2. The van der Waals surface area contributed by atoms with Gasteiger partial charge in [0.05, 0.1) is 24.3 Å². The first-order valence-corrected chi connectivity index (χ1v) is 7.94. The molecule has 5 heteroatoms. The van der Waals surface area contributed by atoms with Gasteiger partial charge >= 0.3 is 0 Å². The molecule has 0 fully saturated rings. The molecule has 0 bridgehead atoms. The third-order valence-electron chi connectivity index (χ3n) is 4.89. The Kier molecular flexibility index (Phi) is 3.30. The third kappa shape index (κ3) is 1.99. The van der Waals surface area contributed by atoms with E-state index in [0.717, 1.165) is 5.57 Å². The number of carbonyl (C=O) groups excluding carboxylic acids is 2. The van der Waals surface area contributed by atoms with Gasteiger partial charge < -0.3 is 14.9 Å². The van der Waals surface area contributed by atoms with Crippen LogP contribution in [0.25, 0.3) is 0 Å². The Bertz CT molecular complexity index is 971. The van der Waals surface area contributed by atoms with E-state index in [1.807, 2.05) is 0 Å². The van der Waals surface area contributed by atoms with E-state index in [2.05, 4.69) is 6.58 Å². The second-order valence-electron chi connectivity index (χ2n) is 6.37. The highest BCUT2D eigenvalue weighted by Gasteiger charge is 2.40. The van der Waals surface area contributed by atoms with Crippen LogP contribution in [-0.2, 0) is 6.42 Å². The maximum atomic E-state index is 13.0. The Hall–Kier alpha value is -2.92. The standard InChI is InChI=1S/C20H16O5/c1-9-7-12-14(13(21)8-9)20(25-2)16-15(19(12)24)17(22)10-5-3-4-6-11(10)18(16)23/h3-6,13,21,24H,1,7-8H2,2H3/t13-/m0/s1. The molecule has 0 heterocycles. The summed E-state index contributed by atoms with van der Waals surface area (Å²) in [6.07, 6.45) is -0.298. The van der Waals surface area contributed by atoms with Gasteiger partial charge in [-0.05, 0) is 12.8 Å². The van der Waals surface area contributed by atoms with Crippen LogP contribution in [0.2, 0.25) is 0 Å². The van der Waals surface area contributed by atoms with Crippen molar-refractivity contribution in [1.82, 2.24) is 0 Å². The van der Waals surface area contributed by atoms with Crippen LogP contribution in [0, 0.1) is 0 Å². The second kappa shape index (κ2) is 5.29. The Morgan fingerprint density at radius 1 is 1.12 bits per heavy atom. The number of aliphatic hydroxyl groups is 1. The SMILES string of the molecule is C=C1Cc2c(O)c3c(c(OC)c2[C@@H](O)C1)C(=O)c1ccccc1C3=O. The molecule has 5 nitrogen and oxygen atoms in total. The van der Waals surface area contributed by atoms with Crippen molar-refractivity contribution in [2.45, 2.75) is 18.9 Å². The zero-order valence-corrected chi connectivity index (χ0v) is 13.6. The summed E-state index contributed by atoms with van der Waals surface area (Å²) in [6.45, 7) is 3.88. The molecule has 2 N–H and O–H groups in total. The molecule has 0 saturated carbocycles. The van der Waals surface area contributed by atoms with Gasteiger partial charge in [0.1, 0.15) is 11.5 Å². The normalized spacial score (nSPS) is 18.5. The lowest BCUT2D eigenvalue weighted by molar-refractivity contribution is 0.0972. The zero-order valence-electron chi connectivity index (χ0n) is 13.6. The topological polar surface area (TPSA) is 83.8 Å². The average Bonchev–Trinajstić information content (AvgIpc) is 2.60. The molecular formula is C20H16O5. The highest BCUT2D eigenvalue weighted by Crippen LogP contribution is 2.49. The van der Waals surface area contributed by atoms with Crippen LogP contribution in [0.3, 0.4) is 0 Å². The fraction of sp³-hybridized carbons (Fsp3) is 0.200. The quantitative estimate of drug-likeness (QED) is 0.668. The third-order valence-corrected chi connectivity index (χ3v) is 4.89. The highest BCUT2D eigenvalue weighted by atomic mass is 16.5. The molecule has 0 unspecified atom stereocenters. The summed E-state index contributed by atoms with van der Waals surface area (Å²) in [7, 11) is 1.39. The van der Waals surface area contributed by atoms with Gasteiger partial charge in [0, 0.05) is 22.3 Å². The fourth-order valence-corrected chi connectivity index (χ4v) is 3.81. The molecule has 1 atom stereocenters. The number of fused-ring (bicyclic) bond motifs is 3. The molecule has 0 amide bonds. The van der Waals surface area contributed by atoms with Crippen LogP contribution in [0.4, 0.5) is 0 Å². The molecule has 0 spiro atoms. The Morgan fingerprint density at radius 3 is 2.32 bits per heavy atom. The Labute approximate surface area is 144 Å². The summed E-state index contributed by atoms with van der Waals surface area (Å²) in [5, 5.41) is 21.2. The van der Waals surface area contributed by atoms with Crippen LogP contribution in [0.5, 0.6) is 11.5 Å². The number of benzene rings is 2. The van der Waals surface area contributed by atoms with Crippen molar-refractivity contribution in [2.75, 3.05) is 7.11 Å².